The molecule has 1 saturated heterocycles. The molecule has 1 aromatic heterocycles. The summed E-state index contributed by atoms with van der Waals surface area (Å²) in [4.78, 5) is 18.3. The Balaban J connectivity index is 1.67. The molecule has 1 fully saturated rings. The van der Waals surface area contributed by atoms with Crippen LogP contribution in [0.4, 0.5) is 6.01 Å². The number of rotatable bonds is 5. The molecule has 0 radical (unpaired) electrons. The average molecular weight is 349 g/mol. The summed E-state index contributed by atoms with van der Waals surface area (Å²) >= 11 is 6.01. The highest BCUT2D eigenvalue weighted by molar-refractivity contribution is 6.30. The highest BCUT2D eigenvalue weighted by atomic mass is 35.5. The molecule has 128 valence electrons. The number of anilines is 1. The van der Waals surface area contributed by atoms with Gasteiger partial charge in [0.1, 0.15) is 0 Å². The minimum Gasteiger partial charge on any atom is -0.352 e. The zero-order chi connectivity index (χ0) is 16.9. The van der Waals surface area contributed by atoms with Crippen LogP contribution in [0.3, 0.4) is 0 Å². The molecule has 1 N–H and O–H groups in total. The third-order valence-corrected chi connectivity index (χ3v) is 4.27. The SMILES string of the molecule is CCCC(=O)NC1CCCN(c2nc(-c3cccc(Cl)c3)no2)C1. The van der Waals surface area contributed by atoms with Crippen molar-refractivity contribution >= 4 is 23.5 Å². The first-order valence-electron chi connectivity index (χ1n) is 8.29. The minimum atomic E-state index is 0.106. The van der Waals surface area contributed by atoms with Gasteiger partial charge in [0, 0.05) is 36.1 Å². The number of nitrogens with zero attached hydrogens (tertiary/aromatic N) is 3. The second-order valence-corrected chi connectivity index (χ2v) is 6.45. The van der Waals surface area contributed by atoms with E-state index in [1.54, 1.807) is 12.1 Å². The summed E-state index contributed by atoms with van der Waals surface area (Å²) in [5.41, 5.74) is 0.822. The third kappa shape index (κ3) is 4.06. The normalized spacial score (nSPS) is 17.8. The second kappa shape index (κ2) is 7.66. The zero-order valence-corrected chi connectivity index (χ0v) is 14.4. The van der Waals surface area contributed by atoms with E-state index in [9.17, 15) is 4.79 Å². The quantitative estimate of drug-likeness (QED) is 0.897. The molecule has 1 aliphatic rings. The molecule has 1 atom stereocenters. The molecule has 0 spiro atoms. The zero-order valence-electron chi connectivity index (χ0n) is 13.7. The summed E-state index contributed by atoms with van der Waals surface area (Å²) in [6, 6.07) is 7.97. The number of nitrogens with one attached hydrogen (secondary N) is 1. The monoisotopic (exact) mass is 348 g/mol. The molecule has 6 nitrogen and oxygen atoms in total. The van der Waals surface area contributed by atoms with E-state index in [2.05, 4.69) is 15.5 Å². The van der Waals surface area contributed by atoms with Crippen molar-refractivity contribution in [2.24, 2.45) is 0 Å². The highest BCUT2D eigenvalue weighted by Crippen LogP contribution is 2.24. The lowest BCUT2D eigenvalue weighted by Crippen LogP contribution is -2.47. The molecular weight excluding hydrogens is 328 g/mol. The predicted molar refractivity (Wildman–Crippen MR) is 93.0 cm³/mol. The molecule has 24 heavy (non-hydrogen) atoms. The van der Waals surface area contributed by atoms with Gasteiger partial charge in [-0.05, 0) is 31.4 Å². The molecule has 7 heteroatoms. The molecule has 3 rings (SSSR count). The number of halogens is 1. The first kappa shape index (κ1) is 16.8. The maximum Gasteiger partial charge on any atom is 0.324 e. The number of amides is 1. The summed E-state index contributed by atoms with van der Waals surface area (Å²) in [5.74, 6) is 0.624. The molecule has 1 amide bonds. The Morgan fingerprint density at radius 2 is 2.38 bits per heavy atom. The van der Waals surface area contributed by atoms with Gasteiger partial charge in [-0.3, -0.25) is 4.79 Å². The predicted octanol–water partition coefficient (Wildman–Crippen LogP) is 3.28. The van der Waals surface area contributed by atoms with Gasteiger partial charge in [-0.15, -0.1) is 0 Å². The minimum absolute atomic E-state index is 0.106. The number of carbonyl (C=O) groups excluding carboxylic acids is 1. The van der Waals surface area contributed by atoms with E-state index in [0.29, 0.717) is 29.8 Å². The van der Waals surface area contributed by atoms with E-state index in [-0.39, 0.29) is 11.9 Å². The summed E-state index contributed by atoms with van der Waals surface area (Å²) < 4.78 is 5.41. The Hall–Kier alpha value is -2.08. The number of hydrogen-bond acceptors (Lipinski definition) is 5. The van der Waals surface area contributed by atoms with Crippen LogP contribution in [0.5, 0.6) is 0 Å². The Bertz CT molecular complexity index is 703. The molecule has 1 aliphatic heterocycles. The summed E-state index contributed by atoms with van der Waals surface area (Å²) in [7, 11) is 0. The van der Waals surface area contributed by atoms with Gasteiger partial charge in [-0.25, -0.2) is 0 Å². The Morgan fingerprint density at radius 3 is 3.17 bits per heavy atom. The van der Waals surface area contributed by atoms with Crippen molar-refractivity contribution in [2.75, 3.05) is 18.0 Å². The van der Waals surface area contributed by atoms with Crippen molar-refractivity contribution in [3.63, 3.8) is 0 Å². The van der Waals surface area contributed by atoms with Gasteiger partial charge in [0.2, 0.25) is 11.7 Å². The van der Waals surface area contributed by atoms with Gasteiger partial charge < -0.3 is 14.7 Å². The van der Waals surface area contributed by atoms with Crippen LogP contribution in [0.15, 0.2) is 28.8 Å². The summed E-state index contributed by atoms with van der Waals surface area (Å²) in [6.07, 6.45) is 3.37. The van der Waals surface area contributed by atoms with Crippen molar-refractivity contribution in [3.8, 4) is 11.4 Å². The Kier molecular flexibility index (Phi) is 5.35. The fourth-order valence-corrected chi connectivity index (χ4v) is 3.07. The van der Waals surface area contributed by atoms with E-state index < -0.39 is 0 Å². The average Bonchev–Trinajstić information content (AvgIpc) is 3.05. The van der Waals surface area contributed by atoms with Gasteiger partial charge in [0.15, 0.2) is 0 Å². The van der Waals surface area contributed by atoms with Gasteiger partial charge in [-0.1, -0.05) is 35.8 Å². The fourth-order valence-electron chi connectivity index (χ4n) is 2.88. The van der Waals surface area contributed by atoms with E-state index in [4.69, 9.17) is 16.1 Å². The highest BCUT2D eigenvalue weighted by Gasteiger charge is 2.25. The van der Waals surface area contributed by atoms with E-state index >= 15 is 0 Å². The van der Waals surface area contributed by atoms with Crippen LogP contribution in [-0.2, 0) is 4.79 Å². The van der Waals surface area contributed by atoms with Crippen LogP contribution in [0.2, 0.25) is 5.02 Å². The second-order valence-electron chi connectivity index (χ2n) is 6.01. The Labute approximate surface area is 146 Å². The molecule has 0 saturated carbocycles. The van der Waals surface area contributed by atoms with Crippen LogP contribution in [-0.4, -0.2) is 35.2 Å². The summed E-state index contributed by atoms with van der Waals surface area (Å²) in [6.45, 7) is 3.53. The van der Waals surface area contributed by atoms with Gasteiger partial charge in [-0.2, -0.15) is 4.98 Å². The third-order valence-electron chi connectivity index (χ3n) is 4.03. The van der Waals surface area contributed by atoms with Gasteiger partial charge in [0.05, 0.1) is 0 Å². The van der Waals surface area contributed by atoms with E-state index in [1.165, 1.54) is 0 Å². The van der Waals surface area contributed by atoms with Crippen LogP contribution >= 0.6 is 11.6 Å². The Morgan fingerprint density at radius 1 is 1.50 bits per heavy atom. The molecule has 1 unspecified atom stereocenters. The van der Waals surface area contributed by atoms with E-state index in [0.717, 1.165) is 31.4 Å². The number of benzene rings is 1. The van der Waals surface area contributed by atoms with Crippen LogP contribution in [0.25, 0.3) is 11.4 Å². The van der Waals surface area contributed by atoms with Crippen LogP contribution in [0.1, 0.15) is 32.6 Å². The number of hydrogen-bond donors (Lipinski definition) is 1. The molecule has 0 bridgehead atoms. The number of aromatic nitrogens is 2. The van der Waals surface area contributed by atoms with E-state index in [1.807, 2.05) is 24.0 Å². The van der Waals surface area contributed by atoms with Gasteiger partial charge >= 0.3 is 6.01 Å². The topological polar surface area (TPSA) is 71.3 Å². The molecule has 1 aromatic carbocycles. The fraction of sp³-hybridized carbons (Fsp3) is 0.471. The smallest absolute Gasteiger partial charge is 0.324 e. The maximum atomic E-state index is 11.8. The number of piperidine rings is 1. The van der Waals surface area contributed by atoms with Crippen LogP contribution in [0, 0.1) is 0 Å². The first-order valence-corrected chi connectivity index (χ1v) is 8.67. The summed E-state index contributed by atoms with van der Waals surface area (Å²) in [5, 5.41) is 7.76. The standard InChI is InChI=1S/C17H21ClN4O2/c1-2-5-15(23)19-14-8-4-9-22(11-14)17-20-16(21-24-17)12-6-3-7-13(18)10-12/h3,6-7,10,14H,2,4-5,8-9,11H2,1H3,(H,19,23). The van der Waals surface area contributed by atoms with Crippen LogP contribution < -0.4 is 10.2 Å². The van der Waals surface area contributed by atoms with Crippen molar-refractivity contribution in [1.29, 1.82) is 0 Å². The first-order chi connectivity index (χ1) is 11.7. The van der Waals surface area contributed by atoms with Crippen molar-refractivity contribution < 1.29 is 9.32 Å². The largest absolute Gasteiger partial charge is 0.352 e. The molecule has 0 aliphatic carbocycles. The maximum absolute atomic E-state index is 11.8. The lowest BCUT2D eigenvalue weighted by molar-refractivity contribution is -0.121. The van der Waals surface area contributed by atoms with Crippen molar-refractivity contribution in [1.82, 2.24) is 15.5 Å². The lowest BCUT2D eigenvalue weighted by atomic mass is 10.1. The van der Waals surface area contributed by atoms with Crippen molar-refractivity contribution in [2.45, 2.75) is 38.6 Å². The number of carbonyl (C=O) groups is 1. The molecule has 2 aromatic rings. The van der Waals surface area contributed by atoms with Gasteiger partial charge in [0.25, 0.3) is 0 Å². The van der Waals surface area contributed by atoms with Crippen molar-refractivity contribution in [3.05, 3.63) is 29.3 Å². The lowest BCUT2D eigenvalue weighted by Gasteiger charge is -2.31. The molecular formula is C17H21ClN4O2. The molecule has 2 heterocycles.